The third-order valence-corrected chi connectivity index (χ3v) is 3.27. The van der Waals surface area contributed by atoms with Gasteiger partial charge in [0.05, 0.1) is 6.21 Å². The van der Waals surface area contributed by atoms with Crippen molar-refractivity contribution in [3.05, 3.63) is 23.8 Å². The molecule has 7 heteroatoms. The van der Waals surface area contributed by atoms with Crippen LogP contribution in [0.15, 0.2) is 23.3 Å². The highest BCUT2D eigenvalue weighted by molar-refractivity contribution is 6.07. The van der Waals surface area contributed by atoms with Gasteiger partial charge < -0.3 is 15.5 Å². The average molecular weight is 277 g/mol. The van der Waals surface area contributed by atoms with E-state index < -0.39 is 17.5 Å². The zero-order valence-electron chi connectivity index (χ0n) is 11.1. The third-order valence-electron chi connectivity index (χ3n) is 3.27. The molecule has 1 unspecified atom stereocenters. The molecule has 1 aromatic rings. The van der Waals surface area contributed by atoms with E-state index in [2.05, 4.69) is 10.4 Å². The van der Waals surface area contributed by atoms with Gasteiger partial charge in [0.15, 0.2) is 0 Å². The number of phenolic OH excluding ortho intramolecular Hbond substituents is 2. The van der Waals surface area contributed by atoms with Crippen molar-refractivity contribution in [3.8, 4) is 11.5 Å². The van der Waals surface area contributed by atoms with Crippen LogP contribution < -0.4 is 5.32 Å². The highest BCUT2D eigenvalue weighted by atomic mass is 16.3. The van der Waals surface area contributed by atoms with Crippen LogP contribution in [0.1, 0.15) is 25.8 Å². The van der Waals surface area contributed by atoms with Crippen LogP contribution in [0, 0.1) is 0 Å². The molecule has 3 amide bonds. The summed E-state index contributed by atoms with van der Waals surface area (Å²) in [7, 11) is 0. The number of hydrazone groups is 1. The number of phenols is 2. The number of imide groups is 1. The molecule has 0 aliphatic carbocycles. The Morgan fingerprint density at radius 3 is 2.65 bits per heavy atom. The molecule has 0 bridgehead atoms. The summed E-state index contributed by atoms with van der Waals surface area (Å²) >= 11 is 0. The molecule has 1 aromatic carbocycles. The van der Waals surface area contributed by atoms with Crippen LogP contribution in [0.4, 0.5) is 4.79 Å². The van der Waals surface area contributed by atoms with Crippen LogP contribution in [0.3, 0.4) is 0 Å². The van der Waals surface area contributed by atoms with E-state index in [4.69, 9.17) is 5.11 Å². The van der Waals surface area contributed by atoms with E-state index in [1.54, 1.807) is 13.8 Å². The molecule has 1 atom stereocenters. The number of urea groups is 1. The summed E-state index contributed by atoms with van der Waals surface area (Å²) in [6.45, 7) is 3.41. The quantitative estimate of drug-likeness (QED) is 0.569. The highest BCUT2D eigenvalue weighted by Crippen LogP contribution is 2.23. The molecule has 3 N–H and O–H groups in total. The number of benzene rings is 1. The number of carbonyl (C=O) groups is 2. The lowest BCUT2D eigenvalue weighted by Gasteiger charge is -2.17. The van der Waals surface area contributed by atoms with Gasteiger partial charge in [0, 0.05) is 11.6 Å². The molecule has 7 nitrogen and oxygen atoms in total. The number of hydrogen-bond donors (Lipinski definition) is 3. The fourth-order valence-corrected chi connectivity index (χ4v) is 1.77. The molecule has 2 rings (SSSR count). The molecule has 1 fully saturated rings. The Morgan fingerprint density at radius 1 is 1.40 bits per heavy atom. The van der Waals surface area contributed by atoms with Gasteiger partial charge in [-0.3, -0.25) is 4.79 Å². The van der Waals surface area contributed by atoms with E-state index in [9.17, 15) is 14.7 Å². The molecule has 0 aromatic heterocycles. The number of nitrogens with one attached hydrogen (secondary N) is 1. The zero-order chi connectivity index (χ0) is 14.9. The van der Waals surface area contributed by atoms with Crippen LogP contribution in [0.25, 0.3) is 0 Å². The largest absolute Gasteiger partial charge is 0.508 e. The summed E-state index contributed by atoms with van der Waals surface area (Å²) in [6, 6.07) is 3.33. The summed E-state index contributed by atoms with van der Waals surface area (Å²) in [5.41, 5.74) is -0.667. The fourth-order valence-electron chi connectivity index (χ4n) is 1.77. The van der Waals surface area contributed by atoms with Crippen molar-refractivity contribution in [2.75, 3.05) is 0 Å². The van der Waals surface area contributed by atoms with Crippen LogP contribution in [0.2, 0.25) is 0 Å². The predicted octanol–water partition coefficient (Wildman–Crippen LogP) is 1.15. The second-order valence-corrected chi connectivity index (χ2v) is 4.72. The fraction of sp³-hybridized carbons (Fsp3) is 0.308. The van der Waals surface area contributed by atoms with Gasteiger partial charge in [0.2, 0.25) is 0 Å². The molecule has 1 saturated heterocycles. The molecule has 0 saturated carbocycles. The van der Waals surface area contributed by atoms with Gasteiger partial charge in [-0.25, -0.2) is 4.79 Å². The molecule has 1 heterocycles. The molecule has 1 aliphatic heterocycles. The molecule has 20 heavy (non-hydrogen) atoms. The summed E-state index contributed by atoms with van der Waals surface area (Å²) in [5, 5.41) is 25.8. The molecular formula is C13H15N3O4. The van der Waals surface area contributed by atoms with Crippen molar-refractivity contribution < 1.29 is 19.8 Å². The van der Waals surface area contributed by atoms with E-state index in [1.807, 2.05) is 0 Å². The molecule has 0 radical (unpaired) electrons. The van der Waals surface area contributed by atoms with Crippen LogP contribution in [-0.2, 0) is 4.79 Å². The Morgan fingerprint density at radius 2 is 2.10 bits per heavy atom. The first-order valence-electron chi connectivity index (χ1n) is 6.10. The minimum Gasteiger partial charge on any atom is -0.508 e. The zero-order valence-corrected chi connectivity index (χ0v) is 11.1. The number of aromatic hydroxyl groups is 2. The van der Waals surface area contributed by atoms with Crippen molar-refractivity contribution in [2.45, 2.75) is 25.8 Å². The number of rotatable bonds is 3. The van der Waals surface area contributed by atoms with E-state index in [1.165, 1.54) is 18.3 Å². The Labute approximate surface area is 115 Å². The van der Waals surface area contributed by atoms with Gasteiger partial charge in [-0.15, -0.1) is 5.01 Å². The van der Waals surface area contributed by atoms with E-state index >= 15 is 0 Å². The SMILES string of the molecule is CCC1(C)NC(=O)N(N=Cc2ccc(O)cc2O)C1=O. The maximum Gasteiger partial charge on any atom is 0.346 e. The van der Waals surface area contributed by atoms with Crippen molar-refractivity contribution in [1.29, 1.82) is 0 Å². The summed E-state index contributed by atoms with van der Waals surface area (Å²) in [4.78, 5) is 23.8. The minimum absolute atomic E-state index is 0.0896. The van der Waals surface area contributed by atoms with Gasteiger partial charge in [-0.2, -0.15) is 5.10 Å². The maximum atomic E-state index is 12.1. The standard InChI is InChI=1S/C13H15N3O4/c1-3-13(2)11(19)16(12(20)15-13)14-7-8-4-5-9(17)6-10(8)18/h4-7,17-18H,3H2,1-2H3,(H,15,20). The first kappa shape index (κ1) is 13.9. The van der Waals surface area contributed by atoms with Crippen LogP contribution in [0.5, 0.6) is 11.5 Å². The lowest BCUT2D eigenvalue weighted by Crippen LogP contribution is -2.42. The van der Waals surface area contributed by atoms with Crippen molar-refractivity contribution in [1.82, 2.24) is 10.3 Å². The predicted molar refractivity (Wildman–Crippen MR) is 71.4 cm³/mol. The maximum absolute atomic E-state index is 12.1. The summed E-state index contributed by atoms with van der Waals surface area (Å²) in [5.74, 6) is -0.730. The molecule has 0 spiro atoms. The lowest BCUT2D eigenvalue weighted by atomic mass is 10.00. The van der Waals surface area contributed by atoms with E-state index in [-0.39, 0.29) is 17.1 Å². The second kappa shape index (κ2) is 4.84. The first-order chi connectivity index (χ1) is 9.37. The average Bonchev–Trinajstić information content (AvgIpc) is 2.61. The van der Waals surface area contributed by atoms with Crippen LogP contribution >= 0.6 is 0 Å². The Bertz CT molecular complexity index is 599. The first-order valence-corrected chi connectivity index (χ1v) is 6.10. The number of carbonyl (C=O) groups excluding carboxylic acids is 2. The van der Waals surface area contributed by atoms with E-state index in [0.29, 0.717) is 6.42 Å². The van der Waals surface area contributed by atoms with Gasteiger partial charge in [0.1, 0.15) is 17.0 Å². The third kappa shape index (κ3) is 2.29. The smallest absolute Gasteiger partial charge is 0.346 e. The Hall–Kier alpha value is -2.57. The van der Waals surface area contributed by atoms with Gasteiger partial charge in [0.25, 0.3) is 5.91 Å². The van der Waals surface area contributed by atoms with Gasteiger partial charge in [-0.1, -0.05) is 6.92 Å². The number of hydrogen-bond acceptors (Lipinski definition) is 5. The minimum atomic E-state index is -0.953. The Kier molecular flexibility index (Phi) is 3.35. The summed E-state index contributed by atoms with van der Waals surface area (Å²) in [6.07, 6.45) is 1.64. The molecule has 106 valence electrons. The highest BCUT2D eigenvalue weighted by Gasteiger charge is 2.46. The number of amides is 3. The normalized spacial score (nSPS) is 22.6. The van der Waals surface area contributed by atoms with Crippen molar-refractivity contribution in [2.24, 2.45) is 5.10 Å². The topological polar surface area (TPSA) is 102 Å². The Balaban J connectivity index is 2.24. The van der Waals surface area contributed by atoms with E-state index in [0.717, 1.165) is 11.1 Å². The monoisotopic (exact) mass is 277 g/mol. The van der Waals surface area contributed by atoms with Gasteiger partial charge >= 0.3 is 6.03 Å². The van der Waals surface area contributed by atoms with Crippen LogP contribution in [-0.4, -0.2) is 38.9 Å². The number of nitrogens with zero attached hydrogens (tertiary/aromatic N) is 2. The van der Waals surface area contributed by atoms with Crippen molar-refractivity contribution >= 4 is 18.2 Å². The molecular weight excluding hydrogens is 262 g/mol. The molecule has 1 aliphatic rings. The lowest BCUT2D eigenvalue weighted by molar-refractivity contribution is -0.130. The van der Waals surface area contributed by atoms with Gasteiger partial charge in [-0.05, 0) is 25.5 Å². The second-order valence-electron chi connectivity index (χ2n) is 4.72. The van der Waals surface area contributed by atoms with Crippen molar-refractivity contribution in [3.63, 3.8) is 0 Å². The summed E-state index contributed by atoms with van der Waals surface area (Å²) < 4.78 is 0.